The van der Waals surface area contributed by atoms with Crippen molar-refractivity contribution in [1.82, 2.24) is 9.97 Å². The zero-order valence-corrected chi connectivity index (χ0v) is 14.9. The Morgan fingerprint density at radius 2 is 1.58 bits per heavy atom. The average Bonchev–Trinajstić information content (AvgIpc) is 2.64. The molecular weight excluding hydrogens is 328 g/mol. The number of amides is 1. The van der Waals surface area contributed by atoms with Crippen LogP contribution >= 0.6 is 0 Å². The molecule has 0 saturated heterocycles. The number of hydrogen-bond acceptors (Lipinski definition) is 5. The van der Waals surface area contributed by atoms with Crippen LogP contribution in [0.25, 0.3) is 0 Å². The molecule has 0 aliphatic heterocycles. The third kappa shape index (κ3) is 4.36. The van der Waals surface area contributed by atoms with Gasteiger partial charge in [-0.2, -0.15) is 0 Å². The largest absolute Gasteiger partial charge is 0.497 e. The van der Waals surface area contributed by atoms with Gasteiger partial charge >= 0.3 is 0 Å². The van der Waals surface area contributed by atoms with E-state index < -0.39 is 0 Å². The number of carbonyl (C=O) groups is 1. The fourth-order valence-corrected chi connectivity index (χ4v) is 2.38. The maximum absolute atomic E-state index is 12.5. The van der Waals surface area contributed by atoms with E-state index >= 15 is 0 Å². The highest BCUT2D eigenvalue weighted by atomic mass is 16.5. The first kappa shape index (κ1) is 17.4. The van der Waals surface area contributed by atoms with Crippen LogP contribution in [0.4, 0.5) is 17.3 Å². The molecule has 1 amide bonds. The standard InChI is InChI=1S/C20H20N4O2/c1-13-4-6-16(7-5-13)23-20-21-14(2)12-18(24-20)19(25)22-15-8-10-17(26-3)11-9-15/h4-12H,1-3H3,(H,22,25)(H,21,23,24). The molecule has 6 heteroatoms. The molecule has 26 heavy (non-hydrogen) atoms. The summed E-state index contributed by atoms with van der Waals surface area (Å²) >= 11 is 0. The van der Waals surface area contributed by atoms with Gasteiger partial charge in [-0.05, 0) is 56.3 Å². The van der Waals surface area contributed by atoms with Crippen molar-refractivity contribution in [2.24, 2.45) is 0 Å². The molecule has 0 unspecified atom stereocenters. The summed E-state index contributed by atoms with van der Waals surface area (Å²) in [5.74, 6) is 0.812. The van der Waals surface area contributed by atoms with Crippen molar-refractivity contribution in [3.8, 4) is 5.75 Å². The molecule has 132 valence electrons. The van der Waals surface area contributed by atoms with Crippen LogP contribution in [-0.4, -0.2) is 23.0 Å². The SMILES string of the molecule is COc1ccc(NC(=O)c2cc(C)nc(Nc3ccc(C)cc3)n2)cc1. The van der Waals surface area contributed by atoms with Crippen LogP contribution in [0.15, 0.2) is 54.6 Å². The highest BCUT2D eigenvalue weighted by molar-refractivity contribution is 6.03. The Hall–Kier alpha value is -3.41. The first-order chi connectivity index (χ1) is 12.5. The summed E-state index contributed by atoms with van der Waals surface area (Å²) < 4.78 is 5.11. The smallest absolute Gasteiger partial charge is 0.274 e. The Balaban J connectivity index is 1.77. The second-order valence-corrected chi connectivity index (χ2v) is 5.89. The number of nitrogens with zero attached hydrogens (tertiary/aromatic N) is 2. The number of ether oxygens (including phenoxy) is 1. The van der Waals surface area contributed by atoms with Gasteiger partial charge in [-0.3, -0.25) is 4.79 Å². The molecule has 0 radical (unpaired) electrons. The van der Waals surface area contributed by atoms with Gasteiger partial charge in [0, 0.05) is 17.1 Å². The van der Waals surface area contributed by atoms with E-state index in [-0.39, 0.29) is 5.91 Å². The minimum Gasteiger partial charge on any atom is -0.497 e. The van der Waals surface area contributed by atoms with Crippen molar-refractivity contribution < 1.29 is 9.53 Å². The van der Waals surface area contributed by atoms with E-state index in [2.05, 4.69) is 20.6 Å². The molecule has 3 aromatic rings. The highest BCUT2D eigenvalue weighted by Crippen LogP contribution is 2.17. The van der Waals surface area contributed by atoms with Crippen LogP contribution in [0, 0.1) is 13.8 Å². The van der Waals surface area contributed by atoms with Gasteiger partial charge in [0.2, 0.25) is 5.95 Å². The van der Waals surface area contributed by atoms with Gasteiger partial charge in [0.1, 0.15) is 11.4 Å². The Morgan fingerprint density at radius 3 is 2.23 bits per heavy atom. The number of hydrogen-bond donors (Lipinski definition) is 2. The molecule has 6 nitrogen and oxygen atoms in total. The van der Waals surface area contributed by atoms with Crippen molar-refractivity contribution in [2.45, 2.75) is 13.8 Å². The fraction of sp³-hybridized carbons (Fsp3) is 0.150. The number of carbonyl (C=O) groups excluding carboxylic acids is 1. The number of benzene rings is 2. The van der Waals surface area contributed by atoms with E-state index in [0.29, 0.717) is 23.0 Å². The minimum absolute atomic E-state index is 0.294. The van der Waals surface area contributed by atoms with Crippen LogP contribution in [0.2, 0.25) is 0 Å². The van der Waals surface area contributed by atoms with Gasteiger partial charge < -0.3 is 15.4 Å². The van der Waals surface area contributed by atoms with Crippen molar-refractivity contribution in [2.75, 3.05) is 17.7 Å². The summed E-state index contributed by atoms with van der Waals surface area (Å²) in [5.41, 5.74) is 3.69. The number of methoxy groups -OCH3 is 1. The maximum Gasteiger partial charge on any atom is 0.274 e. The van der Waals surface area contributed by atoms with Gasteiger partial charge in [-0.1, -0.05) is 17.7 Å². The van der Waals surface area contributed by atoms with E-state index in [1.165, 1.54) is 5.56 Å². The molecule has 0 aliphatic carbocycles. The lowest BCUT2D eigenvalue weighted by molar-refractivity contribution is 0.102. The van der Waals surface area contributed by atoms with Crippen LogP contribution in [-0.2, 0) is 0 Å². The zero-order valence-electron chi connectivity index (χ0n) is 14.9. The molecule has 3 rings (SSSR count). The lowest BCUT2D eigenvalue weighted by Gasteiger charge is -2.09. The monoisotopic (exact) mass is 348 g/mol. The summed E-state index contributed by atoms with van der Waals surface area (Å²) in [6, 6.07) is 16.6. The Morgan fingerprint density at radius 1 is 0.923 bits per heavy atom. The Kier molecular flexibility index (Phi) is 5.12. The lowest BCUT2D eigenvalue weighted by Crippen LogP contribution is -2.15. The maximum atomic E-state index is 12.5. The van der Waals surface area contributed by atoms with Gasteiger partial charge in [-0.25, -0.2) is 9.97 Å². The molecule has 1 heterocycles. The van der Waals surface area contributed by atoms with Gasteiger partial charge in [-0.15, -0.1) is 0 Å². The first-order valence-corrected chi connectivity index (χ1v) is 8.18. The highest BCUT2D eigenvalue weighted by Gasteiger charge is 2.11. The zero-order chi connectivity index (χ0) is 18.5. The summed E-state index contributed by atoms with van der Waals surface area (Å²) in [6.45, 7) is 3.85. The fourth-order valence-electron chi connectivity index (χ4n) is 2.38. The lowest BCUT2D eigenvalue weighted by atomic mass is 10.2. The predicted molar refractivity (Wildman–Crippen MR) is 102 cm³/mol. The van der Waals surface area contributed by atoms with E-state index in [0.717, 1.165) is 11.4 Å². The molecule has 0 fully saturated rings. The van der Waals surface area contributed by atoms with Gasteiger partial charge in [0.25, 0.3) is 5.91 Å². The Bertz CT molecular complexity index is 906. The first-order valence-electron chi connectivity index (χ1n) is 8.18. The third-order valence-corrected chi connectivity index (χ3v) is 3.74. The van der Waals surface area contributed by atoms with Gasteiger partial charge in [0.05, 0.1) is 7.11 Å². The molecule has 2 aromatic carbocycles. The number of anilines is 3. The van der Waals surface area contributed by atoms with Crippen molar-refractivity contribution in [1.29, 1.82) is 0 Å². The van der Waals surface area contributed by atoms with Crippen LogP contribution in [0.5, 0.6) is 5.75 Å². The molecule has 0 bridgehead atoms. The number of rotatable bonds is 5. The van der Waals surface area contributed by atoms with Gasteiger partial charge in [0.15, 0.2) is 0 Å². The number of aryl methyl sites for hydroxylation is 2. The van der Waals surface area contributed by atoms with Crippen LogP contribution in [0.3, 0.4) is 0 Å². The molecule has 2 N–H and O–H groups in total. The molecule has 0 aliphatic rings. The van der Waals surface area contributed by atoms with Crippen molar-refractivity contribution in [3.63, 3.8) is 0 Å². The normalized spacial score (nSPS) is 10.3. The number of nitrogens with one attached hydrogen (secondary N) is 2. The van der Waals surface area contributed by atoms with Crippen molar-refractivity contribution in [3.05, 3.63) is 71.5 Å². The van der Waals surface area contributed by atoms with E-state index in [1.54, 1.807) is 37.4 Å². The quantitative estimate of drug-likeness (QED) is 0.726. The van der Waals surface area contributed by atoms with Crippen molar-refractivity contribution >= 4 is 23.2 Å². The van der Waals surface area contributed by atoms with Crippen LogP contribution < -0.4 is 15.4 Å². The summed E-state index contributed by atoms with van der Waals surface area (Å²) in [5, 5.41) is 5.95. The topological polar surface area (TPSA) is 76.1 Å². The average molecular weight is 348 g/mol. The Labute approximate surface area is 152 Å². The summed E-state index contributed by atoms with van der Waals surface area (Å²) in [4.78, 5) is 21.2. The predicted octanol–water partition coefficient (Wildman–Crippen LogP) is 4.10. The minimum atomic E-state index is -0.298. The second kappa shape index (κ2) is 7.65. The summed E-state index contributed by atoms with van der Waals surface area (Å²) in [7, 11) is 1.60. The molecule has 0 saturated carbocycles. The van der Waals surface area contributed by atoms with E-state index in [9.17, 15) is 4.79 Å². The molecular formula is C20H20N4O2. The third-order valence-electron chi connectivity index (χ3n) is 3.74. The summed E-state index contributed by atoms with van der Waals surface area (Å²) in [6.07, 6.45) is 0. The van der Waals surface area contributed by atoms with E-state index in [4.69, 9.17) is 4.74 Å². The van der Waals surface area contributed by atoms with Crippen LogP contribution in [0.1, 0.15) is 21.7 Å². The number of aromatic nitrogens is 2. The molecule has 0 spiro atoms. The second-order valence-electron chi connectivity index (χ2n) is 5.89. The molecule has 0 atom stereocenters. The molecule has 1 aromatic heterocycles. The van der Waals surface area contributed by atoms with E-state index in [1.807, 2.05) is 38.1 Å².